The Kier molecular flexibility index (Phi) is 7.24. The van der Waals surface area contributed by atoms with Crippen molar-refractivity contribution >= 4 is 34.6 Å². The molecule has 6 rings (SSSR count). The Labute approximate surface area is 238 Å². The lowest BCUT2D eigenvalue weighted by Crippen LogP contribution is -2.30. The number of pyridine rings is 1. The molecular weight excluding hydrogens is 518 g/mol. The van der Waals surface area contributed by atoms with Crippen LogP contribution in [-0.4, -0.2) is 27.2 Å². The maximum Gasteiger partial charge on any atom is 0.262 e. The van der Waals surface area contributed by atoms with Crippen LogP contribution in [0, 0.1) is 0 Å². The van der Waals surface area contributed by atoms with E-state index in [2.05, 4.69) is 49.5 Å². The quantitative estimate of drug-likeness (QED) is 0.231. The van der Waals surface area contributed by atoms with Crippen molar-refractivity contribution in [1.29, 1.82) is 0 Å². The van der Waals surface area contributed by atoms with Gasteiger partial charge in [-0.25, -0.2) is 0 Å². The van der Waals surface area contributed by atoms with Crippen molar-refractivity contribution in [2.24, 2.45) is 0 Å². The summed E-state index contributed by atoms with van der Waals surface area (Å²) in [6, 6.07) is 36.9. The number of nitrogens with zero attached hydrogens (tertiary/aromatic N) is 3. The van der Waals surface area contributed by atoms with Gasteiger partial charge in [-0.05, 0) is 85.0 Å². The van der Waals surface area contributed by atoms with Gasteiger partial charge in [0.05, 0.1) is 11.7 Å². The summed E-state index contributed by atoms with van der Waals surface area (Å²) in [5.74, 6) is 0.417. The lowest BCUT2D eigenvalue weighted by atomic mass is 10.0. The number of ether oxygens (including phenoxy) is 1. The van der Waals surface area contributed by atoms with Crippen LogP contribution in [0.5, 0.6) is 5.75 Å². The average molecular weight is 546 g/mol. The van der Waals surface area contributed by atoms with Crippen LogP contribution >= 0.6 is 12.2 Å². The topological polar surface area (TPSA) is 71.4 Å². The molecule has 0 spiro atoms. The van der Waals surface area contributed by atoms with Crippen molar-refractivity contribution in [3.8, 4) is 11.4 Å². The van der Waals surface area contributed by atoms with E-state index < -0.39 is 0 Å². The fourth-order valence-corrected chi connectivity index (χ4v) is 5.31. The summed E-state index contributed by atoms with van der Waals surface area (Å²) < 4.78 is 7.75. The minimum Gasteiger partial charge on any atom is -0.484 e. The van der Waals surface area contributed by atoms with Crippen molar-refractivity contribution in [3.63, 3.8) is 0 Å². The molecule has 198 valence electrons. The molecule has 1 aliphatic heterocycles. The third-order valence-corrected chi connectivity index (χ3v) is 7.07. The SMILES string of the molecule is O=C(COc1ccccc1)Nc1ccc(N2C(=S)N[C@@H](c3ccccn3)[C@H]2c2cccn2-c2ccccc2)cc1. The number of thiocarbonyl (C=S) groups is 1. The van der Waals surface area contributed by atoms with E-state index in [-0.39, 0.29) is 24.6 Å². The third-order valence-electron chi connectivity index (χ3n) is 6.76. The normalized spacial score (nSPS) is 16.4. The number of carbonyl (C=O) groups excluding carboxylic acids is 1. The van der Waals surface area contributed by atoms with Crippen molar-refractivity contribution in [2.75, 3.05) is 16.8 Å². The number of nitrogens with one attached hydrogen (secondary N) is 2. The van der Waals surface area contributed by atoms with Crippen molar-refractivity contribution < 1.29 is 9.53 Å². The Hall–Kier alpha value is -4.95. The van der Waals surface area contributed by atoms with Crippen LogP contribution in [0.15, 0.2) is 128 Å². The van der Waals surface area contributed by atoms with E-state index in [9.17, 15) is 4.79 Å². The lowest BCUT2D eigenvalue weighted by molar-refractivity contribution is -0.118. The Balaban J connectivity index is 1.27. The molecular formula is C32H27N5O2S. The largest absolute Gasteiger partial charge is 0.484 e. The summed E-state index contributed by atoms with van der Waals surface area (Å²) in [5, 5.41) is 7.02. The number of benzene rings is 3. The standard InChI is InChI=1S/C32H27N5O2S/c38-29(22-39-26-12-5-2-6-13-26)34-23-16-18-25(19-17-23)37-31(30(35-32(37)40)27-14-7-8-20-33-27)28-15-9-21-36(28)24-10-3-1-4-11-24/h1-21,30-31H,22H2,(H,34,38)(H,35,40)/t30-,31+/m0/s1. The molecule has 1 saturated heterocycles. The predicted molar refractivity (Wildman–Crippen MR) is 161 cm³/mol. The van der Waals surface area contributed by atoms with E-state index in [1.54, 1.807) is 6.20 Å². The molecule has 1 fully saturated rings. The second kappa shape index (κ2) is 11.4. The van der Waals surface area contributed by atoms with Gasteiger partial charge in [0.25, 0.3) is 5.91 Å². The highest BCUT2D eigenvalue weighted by Gasteiger charge is 2.42. The number of rotatable bonds is 8. The van der Waals surface area contributed by atoms with Crippen molar-refractivity contribution in [1.82, 2.24) is 14.9 Å². The van der Waals surface area contributed by atoms with E-state index in [4.69, 9.17) is 17.0 Å². The van der Waals surface area contributed by atoms with Gasteiger partial charge in [-0.15, -0.1) is 0 Å². The molecule has 3 heterocycles. The highest BCUT2D eigenvalue weighted by atomic mass is 32.1. The Morgan fingerprint density at radius 1 is 0.850 bits per heavy atom. The van der Waals surface area contributed by atoms with Gasteiger partial charge in [-0.3, -0.25) is 9.78 Å². The number of anilines is 2. The van der Waals surface area contributed by atoms with Crippen LogP contribution in [0.2, 0.25) is 0 Å². The summed E-state index contributed by atoms with van der Waals surface area (Å²) in [7, 11) is 0. The van der Waals surface area contributed by atoms with E-state index >= 15 is 0 Å². The molecule has 5 aromatic rings. The molecule has 0 radical (unpaired) electrons. The second-order valence-electron chi connectivity index (χ2n) is 9.33. The van der Waals surface area contributed by atoms with E-state index in [0.717, 1.165) is 22.8 Å². The minimum atomic E-state index is -0.233. The minimum absolute atomic E-state index is 0.0732. The monoisotopic (exact) mass is 545 g/mol. The fourth-order valence-electron chi connectivity index (χ4n) is 4.96. The third kappa shape index (κ3) is 5.30. The van der Waals surface area contributed by atoms with Crippen LogP contribution in [0.3, 0.4) is 0 Å². The number of hydrogen-bond donors (Lipinski definition) is 2. The van der Waals surface area contributed by atoms with Gasteiger partial charge in [0.1, 0.15) is 11.8 Å². The van der Waals surface area contributed by atoms with Crippen LogP contribution in [0.1, 0.15) is 23.5 Å². The van der Waals surface area contributed by atoms with Gasteiger partial charge >= 0.3 is 0 Å². The number of para-hydroxylation sites is 2. The second-order valence-corrected chi connectivity index (χ2v) is 9.72. The molecule has 2 N–H and O–H groups in total. The number of carbonyl (C=O) groups is 1. The first-order chi connectivity index (χ1) is 19.7. The van der Waals surface area contributed by atoms with Gasteiger partial charge in [-0.1, -0.05) is 42.5 Å². The zero-order valence-electron chi connectivity index (χ0n) is 21.6. The first kappa shape index (κ1) is 25.3. The van der Waals surface area contributed by atoms with E-state index in [1.165, 1.54) is 0 Å². The highest BCUT2D eigenvalue weighted by molar-refractivity contribution is 7.80. The number of amides is 1. The Morgan fingerprint density at radius 2 is 1.57 bits per heavy atom. The average Bonchev–Trinajstić information content (AvgIpc) is 3.62. The zero-order chi connectivity index (χ0) is 27.3. The van der Waals surface area contributed by atoms with Gasteiger partial charge < -0.3 is 24.8 Å². The van der Waals surface area contributed by atoms with Crippen LogP contribution in [0.4, 0.5) is 11.4 Å². The smallest absolute Gasteiger partial charge is 0.262 e. The molecule has 0 bridgehead atoms. The maximum atomic E-state index is 12.5. The fraction of sp³-hybridized carbons (Fsp3) is 0.0938. The van der Waals surface area contributed by atoms with Crippen LogP contribution in [0.25, 0.3) is 5.69 Å². The van der Waals surface area contributed by atoms with Gasteiger partial charge in [0.2, 0.25) is 0 Å². The zero-order valence-corrected chi connectivity index (χ0v) is 22.4. The molecule has 2 aromatic heterocycles. The molecule has 40 heavy (non-hydrogen) atoms. The molecule has 2 atom stereocenters. The summed E-state index contributed by atoms with van der Waals surface area (Å²) in [5.41, 5.74) is 4.62. The summed E-state index contributed by atoms with van der Waals surface area (Å²) >= 11 is 5.89. The summed E-state index contributed by atoms with van der Waals surface area (Å²) in [6.07, 6.45) is 3.87. The van der Waals surface area contributed by atoms with Crippen molar-refractivity contribution in [3.05, 3.63) is 139 Å². The maximum absolute atomic E-state index is 12.5. The molecule has 1 amide bonds. The van der Waals surface area contributed by atoms with Crippen molar-refractivity contribution in [2.45, 2.75) is 12.1 Å². The molecule has 7 nitrogen and oxygen atoms in total. The van der Waals surface area contributed by atoms with Gasteiger partial charge in [0.15, 0.2) is 11.7 Å². The molecule has 0 saturated carbocycles. The van der Waals surface area contributed by atoms with E-state index in [1.807, 2.05) is 97.1 Å². The number of hydrogen-bond acceptors (Lipinski definition) is 4. The van der Waals surface area contributed by atoms with E-state index in [0.29, 0.717) is 16.5 Å². The highest BCUT2D eigenvalue weighted by Crippen LogP contribution is 2.42. The molecule has 0 unspecified atom stereocenters. The Morgan fingerprint density at radius 3 is 2.30 bits per heavy atom. The molecule has 3 aromatic carbocycles. The molecule has 8 heteroatoms. The summed E-state index contributed by atoms with van der Waals surface area (Å²) in [4.78, 5) is 19.2. The number of aromatic nitrogens is 2. The lowest BCUT2D eigenvalue weighted by Gasteiger charge is -2.29. The molecule has 1 aliphatic rings. The van der Waals surface area contributed by atoms with Crippen LogP contribution < -0.4 is 20.3 Å². The first-order valence-corrected chi connectivity index (χ1v) is 13.4. The predicted octanol–water partition coefficient (Wildman–Crippen LogP) is 6.07. The van der Waals surface area contributed by atoms with Gasteiger partial charge in [0, 0.05) is 35.1 Å². The first-order valence-electron chi connectivity index (χ1n) is 13.0. The van der Waals surface area contributed by atoms with Crippen LogP contribution in [-0.2, 0) is 4.79 Å². The van der Waals surface area contributed by atoms with Gasteiger partial charge in [-0.2, -0.15) is 0 Å². The summed E-state index contributed by atoms with van der Waals surface area (Å²) in [6.45, 7) is -0.0732. The molecule has 0 aliphatic carbocycles. The Bertz CT molecular complexity index is 1590.